The fourth-order valence-corrected chi connectivity index (χ4v) is 2.26. The van der Waals surface area contributed by atoms with Gasteiger partial charge in [0.1, 0.15) is 0 Å². The SMILES string of the molecule is [NH3+]OS(=O)(=O)C1=CC(=O)c2ccccc2C1=O. The molecule has 17 heavy (non-hydrogen) atoms. The molecule has 0 aromatic heterocycles. The van der Waals surface area contributed by atoms with Crippen molar-refractivity contribution in [2.45, 2.75) is 0 Å². The molecule has 0 radical (unpaired) electrons. The number of allylic oxidation sites excluding steroid dienone is 2. The molecule has 1 aromatic carbocycles. The summed E-state index contributed by atoms with van der Waals surface area (Å²) in [6.07, 6.45) is 0.755. The van der Waals surface area contributed by atoms with E-state index >= 15 is 0 Å². The number of carbonyl (C=O) groups is 2. The van der Waals surface area contributed by atoms with Crippen molar-refractivity contribution in [3.8, 4) is 0 Å². The van der Waals surface area contributed by atoms with Gasteiger partial charge in [0.05, 0.1) is 0 Å². The van der Waals surface area contributed by atoms with Gasteiger partial charge in [-0.15, -0.1) is 0 Å². The van der Waals surface area contributed by atoms with E-state index < -0.39 is 26.6 Å². The van der Waals surface area contributed by atoms with E-state index in [4.69, 9.17) is 0 Å². The van der Waals surface area contributed by atoms with Crippen molar-refractivity contribution in [1.29, 1.82) is 0 Å². The van der Waals surface area contributed by atoms with Gasteiger partial charge in [0, 0.05) is 17.2 Å². The smallest absolute Gasteiger partial charge is 0.289 e. The van der Waals surface area contributed by atoms with Gasteiger partial charge in [0.15, 0.2) is 10.7 Å². The van der Waals surface area contributed by atoms with E-state index in [1.165, 1.54) is 12.1 Å². The zero-order chi connectivity index (χ0) is 12.6. The molecule has 0 saturated carbocycles. The number of hydrogen-bond donors (Lipinski definition) is 1. The Bertz CT molecular complexity index is 644. The highest BCUT2D eigenvalue weighted by molar-refractivity contribution is 7.91. The monoisotopic (exact) mass is 254 g/mol. The highest BCUT2D eigenvalue weighted by Gasteiger charge is 2.34. The number of ketones is 2. The normalized spacial score (nSPS) is 15.5. The van der Waals surface area contributed by atoms with Crippen molar-refractivity contribution in [3.63, 3.8) is 0 Å². The molecular formula is C10H8NO5S+. The zero-order valence-electron chi connectivity index (χ0n) is 8.54. The number of Topliss-reactive ketones (excluding diaryl/α,β-unsaturated/α-hetero) is 1. The van der Waals surface area contributed by atoms with E-state index in [9.17, 15) is 18.0 Å². The van der Waals surface area contributed by atoms with Crippen LogP contribution in [0.5, 0.6) is 0 Å². The third kappa shape index (κ3) is 1.80. The molecule has 88 valence electrons. The Morgan fingerprint density at radius 1 is 1.06 bits per heavy atom. The third-order valence-corrected chi connectivity index (χ3v) is 3.50. The molecule has 0 heterocycles. The highest BCUT2D eigenvalue weighted by Crippen LogP contribution is 2.24. The second-order valence-electron chi connectivity index (χ2n) is 3.32. The summed E-state index contributed by atoms with van der Waals surface area (Å²) >= 11 is 0. The lowest BCUT2D eigenvalue weighted by Gasteiger charge is -2.12. The van der Waals surface area contributed by atoms with Crippen molar-refractivity contribution in [3.05, 3.63) is 46.4 Å². The summed E-state index contributed by atoms with van der Waals surface area (Å²) in [6.45, 7) is 0. The van der Waals surface area contributed by atoms with Crippen LogP contribution in [-0.4, -0.2) is 20.0 Å². The lowest BCUT2D eigenvalue weighted by molar-refractivity contribution is -0.634. The van der Waals surface area contributed by atoms with Crippen LogP contribution in [0.4, 0.5) is 0 Å². The van der Waals surface area contributed by atoms with Gasteiger partial charge in [-0.25, -0.2) is 0 Å². The fraction of sp³-hybridized carbons (Fsp3) is 0. The number of fused-ring (bicyclic) bond motifs is 1. The van der Waals surface area contributed by atoms with Crippen molar-refractivity contribution in [1.82, 2.24) is 0 Å². The average molecular weight is 254 g/mol. The summed E-state index contributed by atoms with van der Waals surface area (Å²) in [5.41, 5.74) is 0.233. The lowest BCUT2D eigenvalue weighted by atomic mass is 9.95. The third-order valence-electron chi connectivity index (χ3n) is 2.35. The average Bonchev–Trinajstić information content (AvgIpc) is 2.33. The molecule has 3 N–H and O–H groups in total. The molecule has 1 aromatic rings. The molecule has 0 atom stereocenters. The standard InChI is InChI=1S/C10H8NO5S/c11-16-17(14,15)9-5-8(12)6-3-1-2-4-7(6)10(9)13/h1-5H,11H3/q+1. The molecule has 0 saturated heterocycles. The van der Waals surface area contributed by atoms with Crippen LogP contribution in [0.15, 0.2) is 35.2 Å². The van der Waals surface area contributed by atoms with Gasteiger partial charge >= 0.3 is 10.1 Å². The van der Waals surface area contributed by atoms with Crippen molar-refractivity contribution >= 4 is 21.7 Å². The van der Waals surface area contributed by atoms with Crippen LogP contribution in [0.3, 0.4) is 0 Å². The molecule has 7 heteroatoms. The maximum Gasteiger partial charge on any atom is 0.346 e. The number of rotatable bonds is 2. The lowest BCUT2D eigenvalue weighted by Crippen LogP contribution is -2.51. The van der Waals surface area contributed by atoms with Crippen molar-refractivity contribution in [2.24, 2.45) is 0 Å². The molecule has 0 unspecified atom stereocenters. The van der Waals surface area contributed by atoms with Crippen molar-refractivity contribution in [2.75, 3.05) is 0 Å². The summed E-state index contributed by atoms with van der Waals surface area (Å²) in [5.74, 6) is 1.45. The second kappa shape index (κ2) is 3.88. The first-order valence-electron chi connectivity index (χ1n) is 4.56. The van der Waals surface area contributed by atoms with Crippen LogP contribution in [-0.2, 0) is 14.4 Å². The van der Waals surface area contributed by atoms with E-state index in [2.05, 4.69) is 10.2 Å². The molecule has 1 aliphatic carbocycles. The largest absolute Gasteiger partial charge is 0.346 e. The first-order chi connectivity index (χ1) is 7.97. The van der Waals surface area contributed by atoms with Gasteiger partial charge in [-0.3, -0.25) is 9.59 Å². The minimum absolute atomic E-state index is 0.0515. The number of carbonyl (C=O) groups excluding carboxylic acids is 2. The molecule has 0 amide bonds. The van der Waals surface area contributed by atoms with E-state index in [1.54, 1.807) is 12.1 Å². The van der Waals surface area contributed by atoms with Crippen LogP contribution in [0.1, 0.15) is 20.7 Å². The Kier molecular flexibility index (Phi) is 2.66. The van der Waals surface area contributed by atoms with Crippen molar-refractivity contribution < 1.29 is 28.2 Å². The summed E-state index contributed by atoms with van der Waals surface area (Å²) in [5, 5.41) is 0. The summed E-state index contributed by atoms with van der Waals surface area (Å²) in [4.78, 5) is 22.8. The first kappa shape index (κ1) is 11.6. The van der Waals surface area contributed by atoms with Gasteiger partial charge in [-0.05, 0) is 0 Å². The van der Waals surface area contributed by atoms with Crippen LogP contribution >= 0.6 is 0 Å². The number of quaternary nitrogens is 1. The Morgan fingerprint density at radius 2 is 1.65 bits per heavy atom. The molecular weight excluding hydrogens is 246 g/mol. The first-order valence-corrected chi connectivity index (χ1v) is 5.96. The molecule has 0 spiro atoms. The maximum absolute atomic E-state index is 11.9. The van der Waals surface area contributed by atoms with E-state index in [0.29, 0.717) is 0 Å². The van der Waals surface area contributed by atoms with Crippen LogP contribution in [0.25, 0.3) is 0 Å². The van der Waals surface area contributed by atoms with Crippen LogP contribution in [0.2, 0.25) is 0 Å². The van der Waals surface area contributed by atoms with E-state index in [1.807, 2.05) is 0 Å². The molecule has 0 bridgehead atoms. The Morgan fingerprint density at radius 3 is 2.24 bits per heavy atom. The van der Waals surface area contributed by atoms with Crippen LogP contribution < -0.4 is 5.90 Å². The number of benzene rings is 1. The van der Waals surface area contributed by atoms with Gasteiger partial charge in [0.2, 0.25) is 5.78 Å². The molecule has 0 fully saturated rings. The Hall–Kier alpha value is -1.83. The minimum atomic E-state index is -4.27. The summed E-state index contributed by atoms with van der Waals surface area (Å²) < 4.78 is 26.8. The van der Waals surface area contributed by atoms with E-state index in [-0.39, 0.29) is 11.1 Å². The van der Waals surface area contributed by atoms with Crippen LogP contribution in [0, 0.1) is 0 Å². The second-order valence-corrected chi connectivity index (χ2v) is 4.90. The zero-order valence-corrected chi connectivity index (χ0v) is 9.36. The van der Waals surface area contributed by atoms with Gasteiger partial charge in [-0.1, -0.05) is 28.5 Å². The predicted molar refractivity (Wildman–Crippen MR) is 56.1 cm³/mol. The summed E-state index contributed by atoms with van der Waals surface area (Å²) in [6, 6.07) is 5.99. The molecule has 1 aliphatic rings. The molecule has 6 nitrogen and oxygen atoms in total. The predicted octanol–water partition coefficient (Wildman–Crippen LogP) is -0.547. The minimum Gasteiger partial charge on any atom is -0.289 e. The Labute approximate surface area is 96.8 Å². The quantitative estimate of drug-likeness (QED) is 0.713. The van der Waals surface area contributed by atoms with Gasteiger partial charge < -0.3 is 0 Å². The fourth-order valence-electron chi connectivity index (χ4n) is 1.54. The molecule has 0 aliphatic heterocycles. The summed E-state index contributed by atoms with van der Waals surface area (Å²) in [7, 11) is -4.27. The molecule has 2 rings (SSSR count). The highest BCUT2D eigenvalue weighted by atomic mass is 32.2. The Balaban J connectivity index is 2.65. The number of hydrogen-bond acceptors (Lipinski definition) is 5. The van der Waals surface area contributed by atoms with E-state index in [0.717, 1.165) is 6.08 Å². The maximum atomic E-state index is 11.9. The topological polar surface area (TPSA) is 105 Å². The van der Waals surface area contributed by atoms with Gasteiger partial charge in [-0.2, -0.15) is 14.3 Å². The van der Waals surface area contributed by atoms with Gasteiger partial charge in [0.25, 0.3) is 0 Å².